The fourth-order valence-electron chi connectivity index (χ4n) is 3.91. The van der Waals surface area contributed by atoms with Crippen molar-refractivity contribution in [3.05, 3.63) is 60.4 Å². The Morgan fingerprint density at radius 1 is 1.10 bits per heavy atom. The Morgan fingerprint density at radius 3 is 2.70 bits per heavy atom. The first-order valence-electron chi connectivity index (χ1n) is 10.0. The maximum absolute atomic E-state index is 6.16. The Morgan fingerprint density at radius 2 is 1.90 bits per heavy atom. The second-order valence-corrected chi connectivity index (χ2v) is 7.42. The highest BCUT2D eigenvalue weighted by atomic mass is 16.5. The zero-order valence-electron chi connectivity index (χ0n) is 16.8. The first-order valence-corrected chi connectivity index (χ1v) is 10.0. The van der Waals surface area contributed by atoms with Gasteiger partial charge in [0.15, 0.2) is 11.9 Å². The van der Waals surface area contributed by atoms with Gasteiger partial charge in [0, 0.05) is 41.8 Å². The van der Waals surface area contributed by atoms with Crippen molar-refractivity contribution in [2.75, 3.05) is 42.3 Å². The first-order chi connectivity index (χ1) is 14.7. The number of quaternary nitrogens is 1. The standard InChI is InChI=1S/C22H24N7O/c1-16-19(23)3-2-4-20(16)29-12-9-24-15-21(29)26-22(27-29)25-17-5-7-18(8-6-17)28-10-13-30-14-11-28/h2-9,12,15H,10-11,13-14,23H2,1H3,(H,25,27)/q+1. The van der Waals surface area contributed by atoms with Crippen molar-refractivity contribution in [2.45, 2.75) is 6.92 Å². The lowest BCUT2D eigenvalue weighted by Gasteiger charge is -2.28. The molecule has 3 aliphatic rings. The molecule has 2 aromatic carbocycles. The molecule has 8 heteroatoms. The van der Waals surface area contributed by atoms with E-state index >= 15 is 0 Å². The number of benzene rings is 2. The minimum absolute atomic E-state index is 0.120. The molecule has 1 unspecified atom stereocenters. The van der Waals surface area contributed by atoms with Gasteiger partial charge in [0.1, 0.15) is 6.21 Å². The van der Waals surface area contributed by atoms with Crippen molar-refractivity contribution in [2.24, 2.45) is 15.1 Å². The molecule has 0 radical (unpaired) electrons. The average Bonchev–Trinajstić information content (AvgIpc) is 3.15. The van der Waals surface area contributed by atoms with Crippen molar-refractivity contribution in [1.82, 2.24) is 4.59 Å². The summed E-state index contributed by atoms with van der Waals surface area (Å²) in [4.78, 5) is 11.3. The van der Waals surface area contributed by atoms with E-state index in [2.05, 4.69) is 27.3 Å². The molecule has 8 nitrogen and oxygen atoms in total. The van der Waals surface area contributed by atoms with E-state index in [9.17, 15) is 0 Å². The molecule has 0 amide bonds. The second kappa shape index (κ2) is 7.40. The highest BCUT2D eigenvalue weighted by molar-refractivity contribution is 6.38. The molecule has 1 atom stereocenters. The van der Waals surface area contributed by atoms with E-state index in [1.54, 1.807) is 12.4 Å². The van der Waals surface area contributed by atoms with E-state index in [-0.39, 0.29) is 4.59 Å². The SMILES string of the molecule is Cc1c(N)cccc1[N+]12C=CN=CC1=NC(Nc1ccc(N3CCOCC3)cc1)=N2. The van der Waals surface area contributed by atoms with E-state index in [4.69, 9.17) is 20.6 Å². The Labute approximate surface area is 175 Å². The topological polar surface area (TPSA) is 87.6 Å². The normalized spacial score (nSPS) is 22.5. The summed E-state index contributed by atoms with van der Waals surface area (Å²) in [6, 6.07) is 14.2. The van der Waals surface area contributed by atoms with Crippen LogP contribution in [0.4, 0.5) is 22.7 Å². The molecule has 0 aromatic heterocycles. The van der Waals surface area contributed by atoms with Gasteiger partial charge >= 0.3 is 0 Å². The van der Waals surface area contributed by atoms with Crippen LogP contribution in [0, 0.1) is 6.92 Å². The molecular formula is C22H24N7O+. The number of hydrogen-bond acceptors (Lipinski definition) is 7. The van der Waals surface area contributed by atoms with Crippen molar-refractivity contribution >= 4 is 40.8 Å². The zero-order valence-corrected chi connectivity index (χ0v) is 16.8. The van der Waals surface area contributed by atoms with Crippen LogP contribution in [0.15, 0.2) is 70.0 Å². The average molecular weight is 402 g/mol. The summed E-state index contributed by atoms with van der Waals surface area (Å²) in [6.45, 7) is 5.37. The van der Waals surface area contributed by atoms with Crippen molar-refractivity contribution in [1.29, 1.82) is 0 Å². The molecule has 1 saturated heterocycles. The minimum Gasteiger partial charge on any atom is -0.398 e. The zero-order chi connectivity index (χ0) is 20.6. The predicted octanol–water partition coefficient (Wildman–Crippen LogP) is 3.07. The Balaban J connectivity index is 1.43. The first kappa shape index (κ1) is 18.5. The van der Waals surface area contributed by atoms with Crippen molar-refractivity contribution in [3.8, 4) is 0 Å². The molecule has 5 rings (SSSR count). The molecule has 0 aliphatic carbocycles. The summed E-state index contributed by atoms with van der Waals surface area (Å²) < 4.78 is 5.55. The van der Waals surface area contributed by atoms with Gasteiger partial charge in [0.25, 0.3) is 11.8 Å². The molecule has 152 valence electrons. The molecule has 3 heterocycles. The van der Waals surface area contributed by atoms with E-state index < -0.39 is 0 Å². The van der Waals surface area contributed by atoms with Gasteiger partial charge < -0.3 is 20.7 Å². The maximum Gasteiger partial charge on any atom is 0.287 e. The van der Waals surface area contributed by atoms with E-state index in [0.29, 0.717) is 5.96 Å². The molecule has 3 aliphatic heterocycles. The molecule has 0 spiro atoms. The molecule has 1 fully saturated rings. The van der Waals surface area contributed by atoms with Gasteiger partial charge in [0.05, 0.1) is 19.4 Å². The van der Waals surface area contributed by atoms with Gasteiger partial charge in [-0.15, -0.1) is 0 Å². The van der Waals surface area contributed by atoms with Crippen LogP contribution in [-0.4, -0.2) is 44.3 Å². The molecule has 2 aromatic rings. The number of morpholine rings is 1. The van der Waals surface area contributed by atoms with Crippen LogP contribution in [0.25, 0.3) is 0 Å². The monoisotopic (exact) mass is 402 g/mol. The van der Waals surface area contributed by atoms with Crippen LogP contribution in [0.3, 0.4) is 0 Å². The number of nitrogens with zero attached hydrogens (tertiary/aromatic N) is 5. The number of fused-ring (bicyclic) bond motifs is 1. The van der Waals surface area contributed by atoms with Gasteiger partial charge in [-0.05, 0) is 42.4 Å². The van der Waals surface area contributed by atoms with Gasteiger partial charge in [-0.3, -0.25) is 4.99 Å². The van der Waals surface area contributed by atoms with Gasteiger partial charge in [-0.25, -0.2) is 0 Å². The third-order valence-electron chi connectivity index (χ3n) is 5.59. The molecule has 30 heavy (non-hydrogen) atoms. The van der Waals surface area contributed by atoms with Crippen LogP contribution >= 0.6 is 0 Å². The number of nitrogen functional groups attached to an aromatic ring is 1. The number of ether oxygens (including phenoxy) is 1. The second-order valence-electron chi connectivity index (χ2n) is 7.42. The van der Waals surface area contributed by atoms with Gasteiger partial charge in [-0.2, -0.15) is 4.99 Å². The summed E-state index contributed by atoms with van der Waals surface area (Å²) in [7, 11) is 0. The Bertz CT molecular complexity index is 1080. The largest absolute Gasteiger partial charge is 0.398 e. The number of hydrogen-bond donors (Lipinski definition) is 2. The van der Waals surface area contributed by atoms with Gasteiger partial charge in [-0.1, -0.05) is 10.7 Å². The van der Waals surface area contributed by atoms with Crippen molar-refractivity contribution in [3.63, 3.8) is 0 Å². The Hall–Kier alpha value is -3.49. The van der Waals surface area contributed by atoms with Crippen LogP contribution < -0.4 is 20.5 Å². The summed E-state index contributed by atoms with van der Waals surface area (Å²) in [5, 5.41) is 8.23. The van der Waals surface area contributed by atoms with Crippen LogP contribution in [0.1, 0.15) is 5.56 Å². The van der Waals surface area contributed by atoms with Crippen LogP contribution in [0.2, 0.25) is 0 Å². The fourth-order valence-corrected chi connectivity index (χ4v) is 3.91. The van der Waals surface area contributed by atoms with Crippen LogP contribution in [0.5, 0.6) is 0 Å². The van der Waals surface area contributed by atoms with Crippen molar-refractivity contribution < 1.29 is 4.74 Å². The van der Waals surface area contributed by atoms with E-state index in [1.807, 2.05) is 43.5 Å². The van der Waals surface area contributed by atoms with E-state index in [1.165, 1.54) is 5.69 Å². The number of amidine groups is 1. The lowest BCUT2D eigenvalue weighted by Crippen LogP contribution is -2.44. The summed E-state index contributed by atoms with van der Waals surface area (Å²) in [5.41, 5.74) is 10.9. The number of anilines is 3. The highest BCUT2D eigenvalue weighted by Gasteiger charge is 2.44. The molecule has 0 saturated carbocycles. The lowest BCUT2D eigenvalue weighted by molar-refractivity contribution is 0.122. The summed E-state index contributed by atoms with van der Waals surface area (Å²) in [5.74, 6) is 1.25. The number of guanidine groups is 1. The molecule has 0 bridgehead atoms. The van der Waals surface area contributed by atoms with Crippen LogP contribution in [-0.2, 0) is 4.74 Å². The maximum atomic E-state index is 6.16. The minimum atomic E-state index is 0.120. The molecule has 3 N–H and O–H groups in total. The van der Waals surface area contributed by atoms with E-state index in [0.717, 1.165) is 54.8 Å². The Kier molecular flexibility index (Phi) is 4.57. The van der Waals surface area contributed by atoms with Gasteiger partial charge in [0.2, 0.25) is 0 Å². The number of rotatable bonds is 3. The third kappa shape index (κ3) is 3.16. The third-order valence-corrected chi connectivity index (χ3v) is 5.59. The number of nitrogens with one attached hydrogen (secondary N) is 1. The highest BCUT2D eigenvalue weighted by Crippen LogP contribution is 2.36. The molecular weight excluding hydrogens is 378 g/mol. The smallest absolute Gasteiger partial charge is 0.287 e. The number of nitrogens with two attached hydrogens (primary N) is 1. The predicted molar refractivity (Wildman–Crippen MR) is 123 cm³/mol. The summed E-state index contributed by atoms with van der Waals surface area (Å²) >= 11 is 0. The quantitative estimate of drug-likeness (QED) is 0.610. The number of aliphatic imine (C=N–C) groups is 2. The lowest BCUT2D eigenvalue weighted by atomic mass is 10.1. The fraction of sp³-hybridized carbons (Fsp3) is 0.227. The summed E-state index contributed by atoms with van der Waals surface area (Å²) in [6.07, 6.45) is 5.39.